The van der Waals surface area contributed by atoms with E-state index in [4.69, 9.17) is 15.9 Å². The number of anilines is 1. The van der Waals surface area contributed by atoms with Gasteiger partial charge >= 0.3 is 0 Å². The van der Waals surface area contributed by atoms with Crippen LogP contribution in [0.2, 0.25) is 0 Å². The molecule has 1 fully saturated rings. The molecule has 116 valence electrons. The third kappa shape index (κ3) is 3.28. The van der Waals surface area contributed by atoms with Gasteiger partial charge in [0, 0.05) is 18.3 Å². The minimum absolute atomic E-state index is 0.143. The second-order valence-corrected chi connectivity index (χ2v) is 5.84. The Morgan fingerprint density at radius 2 is 2.05 bits per heavy atom. The molecule has 0 unspecified atom stereocenters. The van der Waals surface area contributed by atoms with E-state index in [0.29, 0.717) is 6.04 Å². The van der Waals surface area contributed by atoms with Crippen LogP contribution in [0.1, 0.15) is 55.8 Å². The van der Waals surface area contributed by atoms with E-state index in [1.165, 1.54) is 32.1 Å². The molecule has 0 saturated heterocycles. The summed E-state index contributed by atoms with van der Waals surface area (Å²) in [6.07, 6.45) is 6.24. The lowest BCUT2D eigenvalue weighted by Crippen LogP contribution is -2.39. The van der Waals surface area contributed by atoms with Crippen LogP contribution in [0, 0.1) is 13.8 Å². The molecule has 1 aliphatic carbocycles. The number of nitrogens with zero attached hydrogens (tertiary/aromatic N) is 3. The Morgan fingerprint density at radius 3 is 2.62 bits per heavy atom. The van der Waals surface area contributed by atoms with E-state index < -0.39 is 0 Å². The van der Waals surface area contributed by atoms with Gasteiger partial charge in [-0.2, -0.15) is 0 Å². The Labute approximate surface area is 126 Å². The summed E-state index contributed by atoms with van der Waals surface area (Å²) in [7, 11) is 0. The predicted molar refractivity (Wildman–Crippen MR) is 86.1 cm³/mol. The Bertz CT molecular complexity index is 521. The lowest BCUT2D eigenvalue weighted by molar-refractivity contribution is 0.318. The summed E-state index contributed by atoms with van der Waals surface area (Å²) in [4.78, 5) is 7.03. The molecule has 5 heteroatoms. The van der Waals surface area contributed by atoms with E-state index in [1.54, 1.807) is 0 Å². The highest BCUT2D eigenvalue weighted by atomic mass is 16.4. The second-order valence-electron chi connectivity index (χ2n) is 5.84. The molecular formula is C16H26N4O. The number of nitrogens with two attached hydrogens (primary N) is 1. The van der Waals surface area contributed by atoms with Crippen LogP contribution in [0.15, 0.2) is 11.2 Å². The monoisotopic (exact) mass is 290 g/mol. The summed E-state index contributed by atoms with van der Waals surface area (Å²) in [5, 5.41) is 12.3. The molecule has 1 aliphatic rings. The summed E-state index contributed by atoms with van der Waals surface area (Å²) >= 11 is 0. The van der Waals surface area contributed by atoms with Crippen LogP contribution in [0.3, 0.4) is 0 Å². The fourth-order valence-electron chi connectivity index (χ4n) is 3.37. The minimum atomic E-state index is 0.143. The molecule has 0 aromatic carbocycles. The zero-order valence-corrected chi connectivity index (χ0v) is 13.3. The van der Waals surface area contributed by atoms with Gasteiger partial charge in [0.25, 0.3) is 0 Å². The van der Waals surface area contributed by atoms with Crippen molar-refractivity contribution in [3.8, 4) is 0 Å². The van der Waals surface area contributed by atoms with E-state index in [2.05, 4.69) is 17.0 Å². The smallest absolute Gasteiger partial charge is 0.174 e. The van der Waals surface area contributed by atoms with Crippen molar-refractivity contribution in [1.82, 2.24) is 4.98 Å². The first-order valence-corrected chi connectivity index (χ1v) is 7.81. The topological polar surface area (TPSA) is 74.7 Å². The molecule has 1 aromatic heterocycles. The van der Waals surface area contributed by atoms with Gasteiger partial charge in [-0.25, -0.2) is 4.98 Å². The molecule has 0 bridgehead atoms. The van der Waals surface area contributed by atoms with Crippen molar-refractivity contribution in [2.45, 2.75) is 58.9 Å². The van der Waals surface area contributed by atoms with E-state index in [9.17, 15) is 0 Å². The molecule has 5 nitrogen and oxygen atoms in total. The van der Waals surface area contributed by atoms with Crippen LogP contribution in [0.4, 0.5) is 5.82 Å². The van der Waals surface area contributed by atoms with E-state index in [1.807, 2.05) is 19.9 Å². The fourth-order valence-corrected chi connectivity index (χ4v) is 3.37. The van der Waals surface area contributed by atoms with Crippen molar-refractivity contribution in [2.24, 2.45) is 10.9 Å². The maximum absolute atomic E-state index is 9.09. The van der Waals surface area contributed by atoms with Crippen molar-refractivity contribution in [3.05, 3.63) is 22.9 Å². The van der Waals surface area contributed by atoms with Gasteiger partial charge < -0.3 is 15.8 Å². The summed E-state index contributed by atoms with van der Waals surface area (Å²) in [5.41, 5.74) is 8.63. The molecule has 0 aliphatic heterocycles. The summed E-state index contributed by atoms with van der Waals surface area (Å²) in [5.74, 6) is 1.00. The van der Waals surface area contributed by atoms with E-state index in [0.717, 1.165) is 29.2 Å². The number of hydrogen-bond donors (Lipinski definition) is 2. The quantitative estimate of drug-likeness (QED) is 0.387. The Morgan fingerprint density at radius 1 is 1.38 bits per heavy atom. The van der Waals surface area contributed by atoms with Crippen molar-refractivity contribution in [2.75, 3.05) is 11.4 Å². The van der Waals surface area contributed by atoms with Crippen molar-refractivity contribution >= 4 is 11.7 Å². The Hall–Kier alpha value is -1.78. The van der Waals surface area contributed by atoms with Crippen LogP contribution in [-0.2, 0) is 0 Å². The number of hydrogen-bond acceptors (Lipinski definition) is 4. The maximum atomic E-state index is 9.09. The molecule has 0 spiro atoms. The van der Waals surface area contributed by atoms with Gasteiger partial charge in [-0.1, -0.05) is 24.4 Å². The fraction of sp³-hybridized carbons (Fsp3) is 0.625. The van der Waals surface area contributed by atoms with Gasteiger partial charge in [0.05, 0.1) is 5.56 Å². The first-order chi connectivity index (χ1) is 10.1. The van der Waals surface area contributed by atoms with Crippen LogP contribution in [0.25, 0.3) is 0 Å². The van der Waals surface area contributed by atoms with Gasteiger partial charge in [-0.3, -0.25) is 0 Å². The molecule has 3 N–H and O–H groups in total. The average Bonchev–Trinajstić information content (AvgIpc) is 2.48. The molecule has 1 saturated carbocycles. The largest absolute Gasteiger partial charge is 0.409 e. The number of rotatable bonds is 4. The molecule has 0 atom stereocenters. The number of amidine groups is 1. The van der Waals surface area contributed by atoms with Crippen LogP contribution >= 0.6 is 0 Å². The van der Waals surface area contributed by atoms with E-state index in [-0.39, 0.29) is 5.84 Å². The number of aromatic nitrogens is 1. The highest BCUT2D eigenvalue weighted by Gasteiger charge is 2.25. The van der Waals surface area contributed by atoms with Gasteiger partial charge in [0.2, 0.25) is 0 Å². The standard InChI is InChI=1S/C16H26N4O/c1-4-20(13-8-6-5-7-9-13)16-14(15(17)19-21)11(2)10-12(3)18-16/h10,13,21H,4-9H2,1-3H3,(H2,17,19). The molecule has 2 rings (SSSR count). The number of aryl methyl sites for hydroxylation is 2. The number of oxime groups is 1. The third-order valence-electron chi connectivity index (χ3n) is 4.32. The summed E-state index contributed by atoms with van der Waals surface area (Å²) in [6, 6.07) is 2.48. The van der Waals surface area contributed by atoms with Crippen LogP contribution in [0.5, 0.6) is 0 Å². The van der Waals surface area contributed by atoms with Crippen LogP contribution < -0.4 is 10.6 Å². The van der Waals surface area contributed by atoms with Crippen molar-refractivity contribution in [3.63, 3.8) is 0 Å². The van der Waals surface area contributed by atoms with Gasteiger partial charge in [0.15, 0.2) is 5.84 Å². The lowest BCUT2D eigenvalue weighted by Gasteiger charge is -2.36. The van der Waals surface area contributed by atoms with Gasteiger partial charge in [-0.05, 0) is 45.2 Å². The zero-order valence-electron chi connectivity index (χ0n) is 13.3. The third-order valence-corrected chi connectivity index (χ3v) is 4.32. The highest BCUT2D eigenvalue weighted by molar-refractivity contribution is 6.02. The second kappa shape index (κ2) is 6.78. The minimum Gasteiger partial charge on any atom is -0.409 e. The lowest BCUT2D eigenvalue weighted by atomic mass is 9.93. The Kier molecular flexibility index (Phi) is 5.04. The SMILES string of the molecule is CCN(c1nc(C)cc(C)c1C(N)=NO)C1CCCCC1. The molecular weight excluding hydrogens is 264 g/mol. The normalized spacial score (nSPS) is 17.0. The van der Waals surface area contributed by atoms with Crippen molar-refractivity contribution in [1.29, 1.82) is 0 Å². The van der Waals surface area contributed by atoms with Gasteiger partial charge in [-0.15, -0.1) is 0 Å². The first kappa shape index (κ1) is 15.6. The summed E-state index contributed by atoms with van der Waals surface area (Å²) in [6.45, 7) is 7.00. The van der Waals surface area contributed by atoms with Crippen molar-refractivity contribution < 1.29 is 5.21 Å². The molecule has 21 heavy (non-hydrogen) atoms. The molecule has 0 radical (unpaired) electrons. The predicted octanol–water partition coefficient (Wildman–Crippen LogP) is 2.95. The molecule has 0 amide bonds. The summed E-state index contributed by atoms with van der Waals surface area (Å²) < 4.78 is 0. The Balaban J connectivity index is 2.48. The van der Waals surface area contributed by atoms with Crippen LogP contribution in [-0.4, -0.2) is 28.6 Å². The van der Waals surface area contributed by atoms with Gasteiger partial charge in [0.1, 0.15) is 5.82 Å². The molecule has 1 heterocycles. The highest BCUT2D eigenvalue weighted by Crippen LogP contribution is 2.30. The first-order valence-electron chi connectivity index (χ1n) is 7.81. The average molecular weight is 290 g/mol. The number of pyridine rings is 1. The zero-order chi connectivity index (χ0) is 15.4. The molecule has 1 aromatic rings. The van der Waals surface area contributed by atoms with E-state index >= 15 is 0 Å². The maximum Gasteiger partial charge on any atom is 0.174 e.